The molecular formula is C11H14N2O2S. The molecule has 2 aromatic rings. The summed E-state index contributed by atoms with van der Waals surface area (Å²) in [5.41, 5.74) is 0.795. The molecule has 0 spiro atoms. The minimum absolute atomic E-state index is 0.0207. The Bertz CT molecular complexity index is 530. The van der Waals surface area contributed by atoms with Gasteiger partial charge in [-0.05, 0) is 25.3 Å². The molecule has 0 saturated carbocycles. The molecule has 16 heavy (non-hydrogen) atoms. The van der Waals surface area contributed by atoms with Gasteiger partial charge >= 0.3 is 0 Å². The van der Waals surface area contributed by atoms with E-state index < -0.39 is 0 Å². The van der Waals surface area contributed by atoms with E-state index in [1.165, 1.54) is 11.3 Å². The van der Waals surface area contributed by atoms with Crippen molar-refractivity contribution in [2.45, 2.75) is 26.5 Å². The summed E-state index contributed by atoms with van der Waals surface area (Å²) in [4.78, 5) is 16.2. The van der Waals surface area contributed by atoms with E-state index in [4.69, 9.17) is 4.74 Å². The smallest absolute Gasteiger partial charge is 0.271 e. The van der Waals surface area contributed by atoms with Crippen LogP contribution in [-0.4, -0.2) is 22.3 Å². The Kier molecular flexibility index (Phi) is 3.36. The summed E-state index contributed by atoms with van der Waals surface area (Å²) in [7, 11) is 0. The molecule has 2 heterocycles. The van der Waals surface area contributed by atoms with Crippen LogP contribution in [-0.2, 0) is 11.3 Å². The Hall–Kier alpha value is -1.20. The minimum atomic E-state index is 0.0207. The Morgan fingerprint density at radius 1 is 1.56 bits per heavy atom. The van der Waals surface area contributed by atoms with Gasteiger partial charge in [-0.2, -0.15) is 0 Å². The van der Waals surface area contributed by atoms with Crippen molar-refractivity contribution in [3.8, 4) is 0 Å². The van der Waals surface area contributed by atoms with Crippen LogP contribution in [0.5, 0.6) is 0 Å². The summed E-state index contributed by atoms with van der Waals surface area (Å²) >= 11 is 1.43. The van der Waals surface area contributed by atoms with Crippen LogP contribution in [0.25, 0.3) is 10.2 Å². The maximum absolute atomic E-state index is 11.9. The van der Waals surface area contributed by atoms with Crippen LogP contribution in [0.4, 0.5) is 0 Å². The third kappa shape index (κ3) is 2.31. The standard InChI is InChI=1S/C11H14N2O2S/c1-8(2)15-5-4-13-7-12-9-3-6-16-10(9)11(13)14/h3,6-8H,4-5H2,1-2H3. The first-order valence-corrected chi connectivity index (χ1v) is 6.10. The number of ether oxygens (including phenoxy) is 1. The van der Waals surface area contributed by atoms with Gasteiger partial charge in [0, 0.05) is 0 Å². The second-order valence-corrected chi connectivity index (χ2v) is 4.71. The van der Waals surface area contributed by atoms with Crippen molar-refractivity contribution < 1.29 is 4.74 Å². The molecule has 0 radical (unpaired) electrons. The van der Waals surface area contributed by atoms with Crippen LogP contribution in [0, 0.1) is 0 Å². The zero-order valence-electron chi connectivity index (χ0n) is 9.34. The summed E-state index contributed by atoms with van der Waals surface area (Å²) < 4.78 is 7.72. The number of fused-ring (bicyclic) bond motifs is 1. The highest BCUT2D eigenvalue weighted by atomic mass is 32.1. The first kappa shape index (κ1) is 11.3. The molecule has 4 nitrogen and oxygen atoms in total. The SMILES string of the molecule is CC(C)OCCn1cnc2ccsc2c1=O. The van der Waals surface area contributed by atoms with Crippen molar-refractivity contribution in [3.05, 3.63) is 28.1 Å². The van der Waals surface area contributed by atoms with Gasteiger partial charge in [0.15, 0.2) is 0 Å². The minimum Gasteiger partial charge on any atom is -0.377 e. The van der Waals surface area contributed by atoms with Gasteiger partial charge < -0.3 is 4.74 Å². The first-order chi connectivity index (χ1) is 7.68. The zero-order valence-corrected chi connectivity index (χ0v) is 10.2. The van der Waals surface area contributed by atoms with E-state index >= 15 is 0 Å². The van der Waals surface area contributed by atoms with Gasteiger partial charge in [-0.15, -0.1) is 11.3 Å². The monoisotopic (exact) mass is 238 g/mol. The Balaban J connectivity index is 2.18. The molecule has 5 heteroatoms. The third-order valence-corrected chi connectivity index (χ3v) is 3.11. The van der Waals surface area contributed by atoms with Gasteiger partial charge in [0.1, 0.15) is 4.70 Å². The van der Waals surface area contributed by atoms with Gasteiger partial charge in [0.05, 0.1) is 31.1 Å². The molecule has 0 aliphatic rings. The van der Waals surface area contributed by atoms with Crippen LogP contribution < -0.4 is 5.56 Å². The molecule has 0 aliphatic carbocycles. The quantitative estimate of drug-likeness (QED) is 0.817. The molecule has 0 unspecified atom stereocenters. The molecule has 0 amide bonds. The summed E-state index contributed by atoms with van der Waals surface area (Å²) in [6.45, 7) is 5.04. The second kappa shape index (κ2) is 4.76. The number of nitrogens with zero attached hydrogens (tertiary/aromatic N) is 2. The Morgan fingerprint density at radius 2 is 2.38 bits per heavy atom. The lowest BCUT2D eigenvalue weighted by atomic mass is 10.4. The molecule has 2 aromatic heterocycles. The average molecular weight is 238 g/mol. The van der Waals surface area contributed by atoms with E-state index in [1.807, 2.05) is 25.3 Å². The summed E-state index contributed by atoms with van der Waals surface area (Å²) in [5.74, 6) is 0. The largest absolute Gasteiger partial charge is 0.377 e. The molecule has 0 atom stereocenters. The number of rotatable bonds is 4. The van der Waals surface area contributed by atoms with Crippen LogP contribution in [0.15, 0.2) is 22.6 Å². The third-order valence-electron chi connectivity index (χ3n) is 2.22. The highest BCUT2D eigenvalue weighted by Gasteiger charge is 2.04. The predicted molar refractivity (Wildman–Crippen MR) is 65.0 cm³/mol. The molecular weight excluding hydrogens is 224 g/mol. The van der Waals surface area contributed by atoms with Crippen molar-refractivity contribution in [2.24, 2.45) is 0 Å². The second-order valence-electron chi connectivity index (χ2n) is 3.80. The zero-order chi connectivity index (χ0) is 11.5. The van der Waals surface area contributed by atoms with Crippen molar-refractivity contribution in [2.75, 3.05) is 6.61 Å². The van der Waals surface area contributed by atoms with Gasteiger partial charge in [-0.3, -0.25) is 9.36 Å². The van der Waals surface area contributed by atoms with Crippen LogP contribution in [0.3, 0.4) is 0 Å². The normalized spacial score (nSPS) is 11.4. The average Bonchev–Trinajstić information content (AvgIpc) is 2.69. The fourth-order valence-electron chi connectivity index (χ4n) is 1.42. The van der Waals surface area contributed by atoms with E-state index in [0.717, 1.165) is 5.52 Å². The fourth-order valence-corrected chi connectivity index (χ4v) is 2.22. The van der Waals surface area contributed by atoms with Gasteiger partial charge in [-0.1, -0.05) is 0 Å². The highest BCUT2D eigenvalue weighted by Crippen LogP contribution is 2.12. The van der Waals surface area contributed by atoms with E-state index in [2.05, 4.69) is 4.98 Å². The Morgan fingerprint density at radius 3 is 3.12 bits per heavy atom. The van der Waals surface area contributed by atoms with Crippen molar-refractivity contribution in [1.82, 2.24) is 9.55 Å². The van der Waals surface area contributed by atoms with Crippen molar-refractivity contribution in [3.63, 3.8) is 0 Å². The Labute approximate surface area is 97.5 Å². The lowest BCUT2D eigenvalue weighted by Gasteiger charge is -2.08. The molecule has 0 bridgehead atoms. The number of hydrogen-bond acceptors (Lipinski definition) is 4. The number of aromatic nitrogens is 2. The van der Waals surface area contributed by atoms with Crippen molar-refractivity contribution >= 4 is 21.6 Å². The van der Waals surface area contributed by atoms with Crippen molar-refractivity contribution in [1.29, 1.82) is 0 Å². The summed E-state index contributed by atoms with van der Waals surface area (Å²) in [6, 6.07) is 1.86. The molecule has 0 aliphatic heterocycles. The maximum atomic E-state index is 11.9. The molecule has 2 rings (SSSR count). The molecule has 0 saturated heterocycles. The molecule has 86 valence electrons. The lowest BCUT2D eigenvalue weighted by molar-refractivity contribution is 0.0722. The number of hydrogen-bond donors (Lipinski definition) is 0. The van der Waals surface area contributed by atoms with Crippen LogP contribution in [0.1, 0.15) is 13.8 Å². The molecule has 0 fully saturated rings. The maximum Gasteiger partial charge on any atom is 0.271 e. The number of thiophene rings is 1. The van der Waals surface area contributed by atoms with E-state index in [1.54, 1.807) is 10.9 Å². The van der Waals surface area contributed by atoms with Gasteiger partial charge in [-0.25, -0.2) is 4.98 Å². The van der Waals surface area contributed by atoms with Gasteiger partial charge in [0.25, 0.3) is 5.56 Å². The van der Waals surface area contributed by atoms with E-state index in [9.17, 15) is 4.79 Å². The topological polar surface area (TPSA) is 44.1 Å². The lowest BCUT2D eigenvalue weighted by Crippen LogP contribution is -2.22. The predicted octanol–water partition coefficient (Wildman–Crippen LogP) is 1.88. The van der Waals surface area contributed by atoms with E-state index in [0.29, 0.717) is 17.9 Å². The van der Waals surface area contributed by atoms with Gasteiger partial charge in [0.2, 0.25) is 0 Å². The van der Waals surface area contributed by atoms with Crippen LogP contribution in [0.2, 0.25) is 0 Å². The first-order valence-electron chi connectivity index (χ1n) is 5.22. The molecule has 0 N–H and O–H groups in total. The van der Waals surface area contributed by atoms with Crippen LogP contribution >= 0.6 is 11.3 Å². The highest BCUT2D eigenvalue weighted by molar-refractivity contribution is 7.17. The summed E-state index contributed by atoms with van der Waals surface area (Å²) in [6.07, 6.45) is 1.77. The summed E-state index contributed by atoms with van der Waals surface area (Å²) in [5, 5.41) is 1.88. The fraction of sp³-hybridized carbons (Fsp3) is 0.455. The molecule has 0 aromatic carbocycles. The van der Waals surface area contributed by atoms with E-state index in [-0.39, 0.29) is 11.7 Å².